The number of benzene rings is 2. The van der Waals surface area contributed by atoms with E-state index in [1.54, 1.807) is 0 Å². The van der Waals surface area contributed by atoms with Gasteiger partial charge in [0.2, 0.25) is 0 Å². The Morgan fingerprint density at radius 2 is 1.94 bits per heavy atom. The van der Waals surface area contributed by atoms with E-state index in [-0.39, 0.29) is 6.04 Å². The lowest BCUT2D eigenvalue weighted by molar-refractivity contribution is 0.280. The Hall–Kier alpha value is -2.64. The van der Waals surface area contributed by atoms with Crippen LogP contribution in [0.5, 0.6) is 0 Å². The summed E-state index contributed by atoms with van der Waals surface area (Å²) >= 11 is 0. The van der Waals surface area contributed by atoms with Crippen LogP contribution in [-0.2, 0) is 0 Å². The van der Waals surface area contributed by atoms with Crippen LogP contribution in [0.15, 0.2) is 84.5 Å². The quantitative estimate of drug-likeness (QED) is 0.406. The van der Waals surface area contributed by atoms with Crippen LogP contribution < -0.4 is 0 Å². The van der Waals surface area contributed by atoms with Crippen molar-refractivity contribution >= 4 is 6.08 Å². The third-order valence-electron chi connectivity index (χ3n) is 6.88. The predicted molar refractivity (Wildman–Crippen MR) is 146 cm³/mol. The van der Waals surface area contributed by atoms with Crippen LogP contribution >= 0.6 is 0 Å². The second-order valence-electron chi connectivity index (χ2n) is 9.35. The summed E-state index contributed by atoms with van der Waals surface area (Å²) < 4.78 is 0. The van der Waals surface area contributed by atoms with Crippen LogP contribution in [-0.4, -0.2) is 18.5 Å². The highest BCUT2D eigenvalue weighted by molar-refractivity contribution is 5.73. The maximum atomic E-state index is 2.50. The molecule has 0 saturated heterocycles. The third-order valence-corrected chi connectivity index (χ3v) is 6.88. The molecule has 0 N–H and O–H groups in total. The Morgan fingerprint density at radius 3 is 2.73 bits per heavy atom. The van der Waals surface area contributed by atoms with Crippen molar-refractivity contribution in [1.29, 1.82) is 0 Å². The Morgan fingerprint density at radius 1 is 1.12 bits per heavy atom. The van der Waals surface area contributed by atoms with Gasteiger partial charge >= 0.3 is 0 Å². The monoisotopic (exact) mass is 439 g/mol. The van der Waals surface area contributed by atoms with Crippen LogP contribution in [0.4, 0.5) is 0 Å². The normalized spacial score (nSPS) is 21.1. The zero-order chi connectivity index (χ0) is 23.6. The van der Waals surface area contributed by atoms with Crippen molar-refractivity contribution in [1.82, 2.24) is 4.90 Å². The van der Waals surface area contributed by atoms with Gasteiger partial charge in [-0.1, -0.05) is 92.8 Å². The second-order valence-corrected chi connectivity index (χ2v) is 9.35. The summed E-state index contributed by atoms with van der Waals surface area (Å²) in [6.45, 7) is 10.0. The molecule has 2 unspecified atom stereocenters. The summed E-state index contributed by atoms with van der Waals surface area (Å²) in [5, 5.41) is 0. The maximum Gasteiger partial charge on any atom is 0.0538 e. The van der Waals surface area contributed by atoms with Gasteiger partial charge in [-0.3, -0.25) is 4.90 Å². The summed E-state index contributed by atoms with van der Waals surface area (Å²) in [5.74, 6) is 0.548. The highest BCUT2D eigenvalue weighted by Gasteiger charge is 2.18. The molecule has 1 heterocycles. The summed E-state index contributed by atoms with van der Waals surface area (Å²) in [7, 11) is 2.26. The molecule has 2 aromatic carbocycles. The van der Waals surface area contributed by atoms with Gasteiger partial charge in [0.25, 0.3) is 0 Å². The summed E-state index contributed by atoms with van der Waals surface area (Å²) in [4.78, 5) is 2.50. The van der Waals surface area contributed by atoms with Gasteiger partial charge in [0.15, 0.2) is 0 Å². The van der Waals surface area contributed by atoms with E-state index < -0.39 is 0 Å². The number of allylic oxidation sites excluding steroid dienone is 6. The van der Waals surface area contributed by atoms with Gasteiger partial charge in [0, 0.05) is 0 Å². The third kappa shape index (κ3) is 6.68. The summed E-state index contributed by atoms with van der Waals surface area (Å²) in [6.07, 6.45) is 20.7. The van der Waals surface area contributed by atoms with Crippen molar-refractivity contribution in [3.8, 4) is 11.1 Å². The fraction of sp³-hybridized carbons (Fsp3) is 0.375. The van der Waals surface area contributed by atoms with Gasteiger partial charge < -0.3 is 0 Å². The number of hydrogen-bond acceptors (Lipinski definition) is 1. The Kier molecular flexibility index (Phi) is 9.51. The van der Waals surface area contributed by atoms with Crippen molar-refractivity contribution < 1.29 is 0 Å². The number of nitrogens with zero attached hydrogens (tertiary/aromatic N) is 1. The van der Waals surface area contributed by atoms with Gasteiger partial charge in [0.05, 0.1) is 6.04 Å². The number of aryl methyl sites for hydroxylation is 1. The van der Waals surface area contributed by atoms with Crippen LogP contribution in [0, 0.1) is 12.8 Å². The van der Waals surface area contributed by atoms with E-state index in [0.717, 1.165) is 13.0 Å². The van der Waals surface area contributed by atoms with Crippen molar-refractivity contribution in [3.63, 3.8) is 0 Å². The van der Waals surface area contributed by atoms with Gasteiger partial charge in [-0.05, 0) is 98.5 Å². The minimum absolute atomic E-state index is 0.267. The second kappa shape index (κ2) is 12.6. The molecule has 1 nitrogen and oxygen atoms in total. The van der Waals surface area contributed by atoms with Crippen molar-refractivity contribution in [2.24, 2.45) is 5.92 Å². The SMILES string of the molecule is C/C=C\C(=C\c1cc(-c2ccccc2C2/C=C\C=C/CCCCN2C)ccc1C)C(C)CC. The fourth-order valence-corrected chi connectivity index (χ4v) is 4.54. The van der Waals surface area contributed by atoms with Gasteiger partial charge in [0.1, 0.15) is 0 Å². The highest BCUT2D eigenvalue weighted by Crippen LogP contribution is 2.34. The van der Waals surface area contributed by atoms with E-state index in [0.29, 0.717) is 5.92 Å². The van der Waals surface area contributed by atoms with E-state index in [2.05, 4.69) is 125 Å². The molecule has 0 bridgehead atoms. The molecule has 0 fully saturated rings. The van der Waals surface area contributed by atoms with E-state index in [4.69, 9.17) is 0 Å². The first kappa shape index (κ1) is 25.0. The summed E-state index contributed by atoms with van der Waals surface area (Å²) in [5.41, 5.74) is 8.03. The van der Waals surface area contributed by atoms with E-state index in [1.807, 2.05) is 0 Å². The van der Waals surface area contributed by atoms with Crippen LogP contribution in [0.3, 0.4) is 0 Å². The molecule has 2 atom stereocenters. The molecule has 174 valence electrons. The molecule has 1 aliphatic rings. The van der Waals surface area contributed by atoms with Crippen molar-refractivity contribution in [2.45, 2.75) is 59.4 Å². The minimum Gasteiger partial charge on any atom is -0.296 e. The van der Waals surface area contributed by atoms with Gasteiger partial charge in [-0.15, -0.1) is 0 Å². The first-order valence-electron chi connectivity index (χ1n) is 12.6. The Labute approximate surface area is 202 Å². The first-order chi connectivity index (χ1) is 16.0. The van der Waals surface area contributed by atoms with Crippen molar-refractivity contribution in [3.05, 3.63) is 101 Å². The predicted octanol–water partition coefficient (Wildman–Crippen LogP) is 8.94. The molecular formula is C32H41N. The lowest BCUT2D eigenvalue weighted by Gasteiger charge is -2.28. The number of likely N-dealkylation sites (N-methyl/N-ethyl adjacent to an activating group) is 1. The zero-order valence-electron chi connectivity index (χ0n) is 21.2. The molecule has 0 radical (unpaired) electrons. The van der Waals surface area contributed by atoms with Crippen LogP contribution in [0.2, 0.25) is 0 Å². The van der Waals surface area contributed by atoms with Crippen molar-refractivity contribution in [2.75, 3.05) is 13.6 Å². The topological polar surface area (TPSA) is 3.24 Å². The van der Waals surface area contributed by atoms with Crippen LogP contribution in [0.1, 0.15) is 69.2 Å². The largest absolute Gasteiger partial charge is 0.296 e. The Bertz CT molecular complexity index is 1020. The fourth-order valence-electron chi connectivity index (χ4n) is 4.54. The minimum atomic E-state index is 0.267. The van der Waals surface area contributed by atoms with Crippen LogP contribution in [0.25, 0.3) is 17.2 Å². The molecule has 3 rings (SSSR count). The molecule has 33 heavy (non-hydrogen) atoms. The molecule has 0 aromatic heterocycles. The molecule has 0 saturated carbocycles. The Balaban J connectivity index is 2.07. The summed E-state index contributed by atoms with van der Waals surface area (Å²) in [6, 6.07) is 16.1. The lowest BCUT2D eigenvalue weighted by atomic mass is 9.90. The van der Waals surface area contributed by atoms with E-state index in [9.17, 15) is 0 Å². The molecule has 0 amide bonds. The van der Waals surface area contributed by atoms with Gasteiger partial charge in [-0.2, -0.15) is 0 Å². The number of rotatable bonds is 6. The smallest absolute Gasteiger partial charge is 0.0538 e. The van der Waals surface area contributed by atoms with Gasteiger partial charge in [-0.25, -0.2) is 0 Å². The molecule has 0 aliphatic carbocycles. The average molecular weight is 440 g/mol. The molecule has 1 heteroatoms. The lowest BCUT2D eigenvalue weighted by Crippen LogP contribution is -2.25. The standard InChI is InChI=1S/C32H41N/c1-6-16-27(25(3)7-2)23-29-24-28(21-20-26(29)4)30-17-13-14-18-31(30)32-19-12-10-8-9-11-15-22-33(32)5/h6,8,10,12-14,16-21,23-25,32H,7,9,11,15,22H2,1-5H3/b10-8-,16-6-,19-12-,27-23-. The zero-order valence-corrected chi connectivity index (χ0v) is 21.2. The average Bonchev–Trinajstić information content (AvgIpc) is 2.83. The maximum absolute atomic E-state index is 2.50. The van der Waals surface area contributed by atoms with E-state index >= 15 is 0 Å². The first-order valence-corrected chi connectivity index (χ1v) is 12.6. The highest BCUT2D eigenvalue weighted by atomic mass is 15.1. The molecular weight excluding hydrogens is 398 g/mol. The molecule has 1 aliphatic heterocycles. The molecule has 0 spiro atoms. The number of hydrogen-bond donors (Lipinski definition) is 0. The van der Waals surface area contributed by atoms with E-state index in [1.165, 1.54) is 52.7 Å². The molecule has 2 aromatic rings.